The molecule has 0 fully saturated rings. The average Bonchev–Trinajstić information content (AvgIpc) is 2.70. The topological polar surface area (TPSA) is 66.0 Å². The van der Waals surface area contributed by atoms with Crippen LogP contribution in [-0.4, -0.2) is 44.0 Å². The number of carbonyl (C=O) groups excluding carboxylic acids is 1. The molecule has 0 saturated heterocycles. The van der Waals surface area contributed by atoms with E-state index in [2.05, 4.69) is 21.7 Å². The van der Waals surface area contributed by atoms with E-state index in [4.69, 9.17) is 4.74 Å². The zero-order chi connectivity index (χ0) is 19.1. The molecule has 0 saturated carbocycles. The van der Waals surface area contributed by atoms with Crippen molar-refractivity contribution < 1.29 is 9.53 Å². The average molecular weight is 494 g/mol. The molecule has 28 heavy (non-hydrogen) atoms. The summed E-state index contributed by atoms with van der Waals surface area (Å²) < 4.78 is 5.73. The lowest BCUT2D eigenvalue weighted by Gasteiger charge is -2.28. The Morgan fingerprint density at radius 1 is 1.14 bits per heavy atom. The van der Waals surface area contributed by atoms with Crippen molar-refractivity contribution >= 4 is 35.8 Å². The number of nitrogens with zero attached hydrogens (tertiary/aromatic N) is 2. The first kappa shape index (κ1) is 22.0. The molecule has 3 rings (SSSR count). The lowest BCUT2D eigenvalue weighted by molar-refractivity contribution is -0.127. The fraction of sp³-hybridized carbons (Fsp3) is 0.333. The Morgan fingerprint density at radius 2 is 1.86 bits per heavy atom. The number of hydrogen-bond donors (Lipinski definition) is 2. The van der Waals surface area contributed by atoms with Crippen molar-refractivity contribution in [2.75, 3.05) is 27.2 Å². The Labute approximate surface area is 183 Å². The third-order valence-corrected chi connectivity index (χ3v) is 4.44. The maximum Gasteiger partial charge on any atom is 0.241 e. The first-order valence-electron chi connectivity index (χ1n) is 9.14. The number of carbonyl (C=O) groups is 1. The van der Waals surface area contributed by atoms with Gasteiger partial charge >= 0.3 is 0 Å². The largest absolute Gasteiger partial charge is 0.493 e. The van der Waals surface area contributed by atoms with E-state index in [1.54, 1.807) is 19.0 Å². The fourth-order valence-corrected chi connectivity index (χ4v) is 2.88. The second kappa shape index (κ2) is 10.9. The van der Waals surface area contributed by atoms with Crippen molar-refractivity contribution in [2.45, 2.75) is 19.0 Å². The summed E-state index contributed by atoms with van der Waals surface area (Å²) in [6.45, 7) is 1.38. The Bertz CT molecular complexity index is 796. The minimum absolute atomic E-state index is 0. The summed E-state index contributed by atoms with van der Waals surface area (Å²) in [5.41, 5.74) is 2.22. The third kappa shape index (κ3) is 6.12. The third-order valence-electron chi connectivity index (χ3n) is 4.44. The van der Waals surface area contributed by atoms with Gasteiger partial charge in [-0.3, -0.25) is 4.79 Å². The number of guanidine groups is 1. The van der Waals surface area contributed by atoms with Gasteiger partial charge in [0.25, 0.3) is 0 Å². The molecule has 2 aromatic rings. The molecular formula is C21H27IN4O2. The highest BCUT2D eigenvalue weighted by molar-refractivity contribution is 14.0. The van der Waals surface area contributed by atoms with Gasteiger partial charge in [-0.25, -0.2) is 4.99 Å². The lowest BCUT2D eigenvalue weighted by Crippen LogP contribution is -2.45. The van der Waals surface area contributed by atoms with E-state index < -0.39 is 0 Å². The van der Waals surface area contributed by atoms with E-state index in [1.165, 1.54) is 0 Å². The maximum atomic E-state index is 12.0. The normalized spacial score (nSPS) is 15.5. The molecule has 1 aliphatic heterocycles. The van der Waals surface area contributed by atoms with Crippen LogP contribution in [0.3, 0.4) is 0 Å². The van der Waals surface area contributed by atoms with Crippen LogP contribution in [0.25, 0.3) is 0 Å². The molecule has 0 radical (unpaired) electrons. The van der Waals surface area contributed by atoms with Crippen molar-refractivity contribution in [1.29, 1.82) is 0 Å². The van der Waals surface area contributed by atoms with Crippen molar-refractivity contribution in [3.63, 3.8) is 0 Å². The molecule has 7 heteroatoms. The number of benzene rings is 2. The van der Waals surface area contributed by atoms with E-state index in [-0.39, 0.29) is 42.5 Å². The molecule has 0 bridgehead atoms. The summed E-state index contributed by atoms with van der Waals surface area (Å²) in [7, 11) is 3.49. The molecule has 1 atom stereocenters. The van der Waals surface area contributed by atoms with E-state index in [1.807, 2.05) is 48.5 Å². The van der Waals surface area contributed by atoms with Gasteiger partial charge in [0.05, 0.1) is 25.7 Å². The Hall–Kier alpha value is -2.29. The molecular weight excluding hydrogens is 467 g/mol. The summed E-state index contributed by atoms with van der Waals surface area (Å²) in [5.74, 6) is 1.51. The smallest absolute Gasteiger partial charge is 0.241 e. The number of para-hydroxylation sites is 1. The summed E-state index contributed by atoms with van der Waals surface area (Å²) in [6.07, 6.45) is 0.838. The van der Waals surface area contributed by atoms with Crippen LogP contribution in [0.1, 0.15) is 23.6 Å². The Balaban J connectivity index is 0.00000280. The van der Waals surface area contributed by atoms with Gasteiger partial charge in [0, 0.05) is 26.1 Å². The monoisotopic (exact) mass is 494 g/mol. The molecule has 6 nitrogen and oxygen atoms in total. The predicted octanol–water partition coefficient (Wildman–Crippen LogP) is 2.95. The molecule has 1 unspecified atom stereocenters. The van der Waals surface area contributed by atoms with Gasteiger partial charge in [-0.15, -0.1) is 24.0 Å². The van der Waals surface area contributed by atoms with Gasteiger partial charge < -0.3 is 20.3 Å². The summed E-state index contributed by atoms with van der Waals surface area (Å²) in [5, 5.41) is 6.62. The van der Waals surface area contributed by atoms with E-state index in [0.717, 1.165) is 23.3 Å². The lowest BCUT2D eigenvalue weighted by atomic mass is 10.0. The van der Waals surface area contributed by atoms with Crippen LogP contribution in [0.2, 0.25) is 0 Å². The van der Waals surface area contributed by atoms with E-state index >= 15 is 0 Å². The minimum atomic E-state index is -0.00316. The van der Waals surface area contributed by atoms with Gasteiger partial charge in [-0.05, 0) is 11.6 Å². The molecule has 2 N–H and O–H groups in total. The molecule has 0 aromatic heterocycles. The summed E-state index contributed by atoms with van der Waals surface area (Å²) in [6, 6.07) is 18.2. The number of ether oxygens (including phenoxy) is 1. The van der Waals surface area contributed by atoms with Gasteiger partial charge in [-0.2, -0.15) is 0 Å². The van der Waals surface area contributed by atoms with E-state index in [9.17, 15) is 4.79 Å². The highest BCUT2D eigenvalue weighted by Crippen LogP contribution is 2.31. The molecule has 1 heterocycles. The molecule has 2 aromatic carbocycles. The number of halogens is 1. The van der Waals surface area contributed by atoms with Crippen LogP contribution in [0.15, 0.2) is 59.6 Å². The molecule has 0 spiro atoms. The number of amides is 1. The van der Waals surface area contributed by atoms with Gasteiger partial charge in [0.2, 0.25) is 5.91 Å². The number of aliphatic imine (C=N–C) groups is 1. The summed E-state index contributed by atoms with van der Waals surface area (Å²) in [4.78, 5) is 18.2. The first-order chi connectivity index (χ1) is 13.1. The SMILES string of the molecule is CN(C)C(=O)CNC(=NCc1ccccc1)NC1CCOc2ccccc21.I. The predicted molar refractivity (Wildman–Crippen MR) is 122 cm³/mol. The van der Waals surface area contributed by atoms with Crippen LogP contribution in [0.4, 0.5) is 0 Å². The van der Waals surface area contributed by atoms with Crippen molar-refractivity contribution in [1.82, 2.24) is 15.5 Å². The number of hydrogen-bond acceptors (Lipinski definition) is 3. The van der Waals surface area contributed by atoms with Gasteiger partial charge in [0.15, 0.2) is 5.96 Å². The van der Waals surface area contributed by atoms with Gasteiger partial charge in [-0.1, -0.05) is 48.5 Å². The fourth-order valence-electron chi connectivity index (χ4n) is 2.88. The van der Waals surface area contributed by atoms with E-state index in [0.29, 0.717) is 19.1 Å². The molecule has 150 valence electrons. The van der Waals surface area contributed by atoms with Crippen molar-refractivity contribution in [3.8, 4) is 5.75 Å². The highest BCUT2D eigenvalue weighted by Gasteiger charge is 2.22. The zero-order valence-electron chi connectivity index (χ0n) is 16.2. The second-order valence-electron chi connectivity index (χ2n) is 6.66. The number of nitrogens with one attached hydrogen (secondary N) is 2. The summed E-state index contributed by atoms with van der Waals surface area (Å²) >= 11 is 0. The quantitative estimate of drug-likeness (QED) is 0.381. The zero-order valence-corrected chi connectivity index (χ0v) is 18.6. The van der Waals surface area contributed by atoms with Crippen LogP contribution >= 0.6 is 24.0 Å². The molecule has 0 aliphatic carbocycles. The van der Waals surface area contributed by atoms with Crippen molar-refractivity contribution in [3.05, 3.63) is 65.7 Å². The Kier molecular flexibility index (Phi) is 8.56. The van der Waals surface area contributed by atoms with Crippen LogP contribution in [0, 0.1) is 0 Å². The Morgan fingerprint density at radius 3 is 2.61 bits per heavy atom. The van der Waals surface area contributed by atoms with Crippen molar-refractivity contribution in [2.24, 2.45) is 4.99 Å². The molecule has 1 aliphatic rings. The van der Waals surface area contributed by atoms with Crippen LogP contribution < -0.4 is 15.4 Å². The highest BCUT2D eigenvalue weighted by atomic mass is 127. The second-order valence-corrected chi connectivity index (χ2v) is 6.66. The van der Waals surface area contributed by atoms with Gasteiger partial charge in [0.1, 0.15) is 5.75 Å². The maximum absolute atomic E-state index is 12.0. The molecule has 1 amide bonds. The minimum Gasteiger partial charge on any atom is -0.493 e. The van der Waals surface area contributed by atoms with Crippen LogP contribution in [0.5, 0.6) is 5.75 Å². The number of likely N-dealkylation sites (N-methyl/N-ethyl adjacent to an activating group) is 1. The standard InChI is InChI=1S/C21H26N4O2.HI/c1-25(2)20(26)15-23-21(22-14-16-8-4-3-5-9-16)24-18-12-13-27-19-11-7-6-10-17(18)19;/h3-11,18H,12-15H2,1-2H3,(H2,22,23,24);1H. The number of fused-ring (bicyclic) bond motifs is 1. The van der Waals surface area contributed by atoms with Crippen LogP contribution in [-0.2, 0) is 11.3 Å². The first-order valence-corrected chi connectivity index (χ1v) is 9.14. The number of rotatable bonds is 5.